The van der Waals surface area contributed by atoms with Gasteiger partial charge in [-0.1, -0.05) is 0 Å². The molecule has 0 fully saturated rings. The van der Waals surface area contributed by atoms with Crippen molar-refractivity contribution in [1.82, 2.24) is 0 Å². The van der Waals surface area contributed by atoms with Crippen LogP contribution in [0.1, 0.15) is 12.8 Å². The van der Waals surface area contributed by atoms with Crippen LogP contribution in [0.15, 0.2) is 0 Å². The van der Waals surface area contributed by atoms with Gasteiger partial charge in [-0.15, -0.1) is 0 Å². The molecule has 0 atom stereocenters. The van der Waals surface area contributed by atoms with E-state index in [9.17, 15) is 9.59 Å². The Morgan fingerprint density at radius 1 is 1.08 bits per heavy atom. The number of rotatable bonds is 3. The first kappa shape index (κ1) is 14.2. The zero-order chi connectivity index (χ0) is 10.1. The van der Waals surface area contributed by atoms with Crippen molar-refractivity contribution in [2.24, 2.45) is 0 Å². The third-order valence-electron chi connectivity index (χ3n) is 0.553. The van der Waals surface area contributed by atoms with E-state index in [2.05, 4.69) is 21.4 Å². The van der Waals surface area contributed by atoms with Crippen molar-refractivity contribution in [2.75, 3.05) is 0 Å². The Kier molecular flexibility index (Phi) is 10.4. The van der Waals surface area contributed by atoms with Crippen LogP contribution in [0.5, 0.6) is 0 Å². The maximum atomic E-state index is 9.64. The fourth-order valence-electron chi connectivity index (χ4n) is 0.214. The molecule has 0 aromatic rings. The van der Waals surface area contributed by atoms with E-state index in [1.807, 2.05) is 0 Å². The Bertz CT molecular complexity index is 164. The van der Waals surface area contributed by atoms with E-state index in [1.165, 1.54) is 0 Å². The highest BCUT2D eigenvalue weighted by molar-refractivity contribution is 8.26. The molecule has 0 heterocycles. The lowest BCUT2D eigenvalue weighted by atomic mass is 10.3. The minimum Gasteiger partial charge on any atom is -0.481 e. The molecule has 0 unspecified atom stereocenters. The summed E-state index contributed by atoms with van der Waals surface area (Å²) in [7, 11) is 7.36. The number of carboxylic acids is 2. The highest BCUT2D eigenvalue weighted by atomic mass is 36.0. The molecule has 0 aromatic carbocycles. The van der Waals surface area contributed by atoms with Gasteiger partial charge in [0.1, 0.15) is 0 Å². The molecular formula is C4H6Cl2O5S. The lowest BCUT2D eigenvalue weighted by molar-refractivity contribution is -0.143. The molecule has 0 bridgehead atoms. The van der Waals surface area contributed by atoms with E-state index >= 15 is 0 Å². The number of carbonyl (C=O) groups is 2. The molecule has 0 aliphatic rings. The topological polar surface area (TPSA) is 91.7 Å². The van der Waals surface area contributed by atoms with Gasteiger partial charge in [-0.25, -0.2) is 4.21 Å². The fourth-order valence-corrected chi connectivity index (χ4v) is 0.214. The quantitative estimate of drug-likeness (QED) is 0.713. The van der Waals surface area contributed by atoms with Crippen molar-refractivity contribution in [3.05, 3.63) is 0 Å². The largest absolute Gasteiger partial charge is 0.481 e. The number of hydrogen-bond donors (Lipinski definition) is 2. The summed E-state index contributed by atoms with van der Waals surface area (Å²) in [6, 6.07) is 0. The maximum absolute atomic E-state index is 9.64. The predicted octanol–water partition coefficient (Wildman–Crippen LogP) is 0.979. The molecule has 0 aliphatic carbocycles. The van der Waals surface area contributed by atoms with Gasteiger partial charge in [-0.3, -0.25) is 9.59 Å². The first-order valence-electron chi connectivity index (χ1n) is 2.54. The highest BCUT2D eigenvalue weighted by Crippen LogP contribution is 1.89. The standard InChI is InChI=1S/C4H6O4.Cl2OS/c5-3(6)1-2-4(7)8;1-4(2)3/h1-2H2,(H,5,6)(H,7,8);. The van der Waals surface area contributed by atoms with Crippen molar-refractivity contribution in [1.29, 1.82) is 0 Å². The molecule has 0 radical (unpaired) electrons. The minimum atomic E-state index is -1.67. The average Bonchev–Trinajstić information content (AvgIpc) is 1.82. The van der Waals surface area contributed by atoms with Gasteiger partial charge in [-0.2, -0.15) is 0 Å². The Hall–Kier alpha value is -0.330. The van der Waals surface area contributed by atoms with Crippen molar-refractivity contribution in [3.8, 4) is 0 Å². The van der Waals surface area contributed by atoms with Gasteiger partial charge >= 0.3 is 11.9 Å². The van der Waals surface area contributed by atoms with Crippen LogP contribution in [0.4, 0.5) is 0 Å². The lowest BCUT2D eigenvalue weighted by Crippen LogP contribution is -2.00. The molecule has 0 spiro atoms. The summed E-state index contributed by atoms with van der Waals surface area (Å²) in [5.74, 6) is -2.15. The molecule has 0 amide bonds. The van der Waals surface area contributed by atoms with E-state index in [1.54, 1.807) is 0 Å². The van der Waals surface area contributed by atoms with E-state index in [0.717, 1.165) is 0 Å². The molecule has 2 N–H and O–H groups in total. The van der Waals surface area contributed by atoms with E-state index in [0.29, 0.717) is 0 Å². The van der Waals surface area contributed by atoms with Crippen LogP contribution in [-0.2, 0) is 18.8 Å². The monoisotopic (exact) mass is 236 g/mol. The van der Waals surface area contributed by atoms with Gasteiger partial charge in [0.2, 0.25) is 9.23 Å². The van der Waals surface area contributed by atoms with Gasteiger partial charge in [-0.05, 0) is 0 Å². The third kappa shape index (κ3) is 33.3. The van der Waals surface area contributed by atoms with Gasteiger partial charge < -0.3 is 10.2 Å². The van der Waals surface area contributed by atoms with Crippen molar-refractivity contribution < 1.29 is 24.0 Å². The number of halogens is 2. The smallest absolute Gasteiger partial charge is 0.303 e. The number of hydrogen-bond acceptors (Lipinski definition) is 3. The normalized spacial score (nSPS) is 8.58. The molecule has 0 saturated heterocycles. The second kappa shape index (κ2) is 8.76. The number of aliphatic carboxylic acids is 2. The minimum absolute atomic E-state index is 0.296. The summed E-state index contributed by atoms with van der Waals surface area (Å²) < 4.78 is 9.09. The van der Waals surface area contributed by atoms with Crippen LogP contribution >= 0.6 is 21.4 Å². The third-order valence-corrected chi connectivity index (χ3v) is 0.553. The number of carboxylic acid groups (broad SMARTS) is 2. The van der Waals surface area contributed by atoms with E-state index < -0.39 is 21.2 Å². The molecule has 5 nitrogen and oxygen atoms in total. The first-order chi connectivity index (χ1) is 5.36. The van der Waals surface area contributed by atoms with Crippen molar-refractivity contribution in [2.45, 2.75) is 12.8 Å². The van der Waals surface area contributed by atoms with Crippen LogP contribution in [0.25, 0.3) is 0 Å². The predicted molar refractivity (Wildman–Crippen MR) is 44.4 cm³/mol. The SMILES string of the molecule is O=C(O)CCC(=O)O.O=S(Cl)Cl. The van der Waals surface area contributed by atoms with Gasteiger partial charge in [0.25, 0.3) is 0 Å². The Morgan fingerprint density at radius 2 is 1.25 bits per heavy atom. The zero-order valence-corrected chi connectivity index (χ0v) is 8.03. The highest BCUT2D eigenvalue weighted by Gasteiger charge is 2.00. The molecule has 0 aliphatic heterocycles. The van der Waals surface area contributed by atoms with Crippen molar-refractivity contribution >= 4 is 42.5 Å². The second-order valence-electron chi connectivity index (χ2n) is 1.47. The Labute approximate surface area is 79.7 Å². The summed E-state index contributed by atoms with van der Waals surface area (Å²) in [5, 5.41) is 15.8. The van der Waals surface area contributed by atoms with Crippen molar-refractivity contribution in [3.63, 3.8) is 0 Å². The van der Waals surface area contributed by atoms with Gasteiger partial charge in [0, 0.05) is 21.4 Å². The molecule has 0 rings (SSSR count). The van der Waals surface area contributed by atoms with Crippen LogP contribution in [0.3, 0.4) is 0 Å². The fraction of sp³-hybridized carbons (Fsp3) is 0.500. The molecule has 72 valence electrons. The molecule has 8 heteroatoms. The van der Waals surface area contributed by atoms with Gasteiger partial charge in [0.05, 0.1) is 12.8 Å². The summed E-state index contributed by atoms with van der Waals surface area (Å²) in [4.78, 5) is 19.3. The zero-order valence-electron chi connectivity index (χ0n) is 5.70. The summed E-state index contributed by atoms with van der Waals surface area (Å²) in [6.45, 7) is 0. The van der Waals surface area contributed by atoms with E-state index in [-0.39, 0.29) is 12.8 Å². The molecule has 0 saturated carbocycles. The van der Waals surface area contributed by atoms with Crippen LogP contribution in [0, 0.1) is 0 Å². The average molecular weight is 237 g/mol. The van der Waals surface area contributed by atoms with Crippen LogP contribution in [-0.4, -0.2) is 26.4 Å². The maximum Gasteiger partial charge on any atom is 0.303 e. The van der Waals surface area contributed by atoms with Crippen LogP contribution in [0.2, 0.25) is 0 Å². The molecule has 0 aromatic heterocycles. The second-order valence-corrected chi connectivity index (χ2v) is 4.00. The van der Waals surface area contributed by atoms with Crippen LogP contribution < -0.4 is 0 Å². The summed E-state index contributed by atoms with van der Waals surface area (Å²) >= 11 is 0. The molecular weight excluding hydrogens is 231 g/mol. The first-order valence-corrected chi connectivity index (χ1v) is 5.34. The molecule has 12 heavy (non-hydrogen) atoms. The summed E-state index contributed by atoms with van der Waals surface area (Å²) in [6.07, 6.45) is -0.593. The summed E-state index contributed by atoms with van der Waals surface area (Å²) in [5.41, 5.74) is 0. The lowest BCUT2D eigenvalue weighted by Gasteiger charge is -1.85. The van der Waals surface area contributed by atoms with E-state index in [4.69, 9.17) is 14.4 Å². The Balaban J connectivity index is 0. The van der Waals surface area contributed by atoms with Gasteiger partial charge in [0.15, 0.2) is 0 Å². The Morgan fingerprint density at radius 3 is 1.33 bits per heavy atom.